The van der Waals surface area contributed by atoms with Crippen LogP contribution in [-0.2, 0) is 4.74 Å². The fraction of sp³-hybridized carbons (Fsp3) is 1.00. The molecule has 11 heavy (non-hydrogen) atoms. The zero-order chi connectivity index (χ0) is 8.20. The molecule has 0 amide bonds. The van der Waals surface area contributed by atoms with Crippen LogP contribution in [0.5, 0.6) is 0 Å². The minimum atomic E-state index is -4.56. The summed E-state index contributed by atoms with van der Waals surface area (Å²) in [6.07, 6.45) is -6.91. The smallest absolute Gasteiger partial charge is 0.382 e. The predicted octanol–water partition coefficient (Wildman–Crippen LogP) is 0.565. The van der Waals surface area contributed by atoms with Gasteiger partial charge in [-0.25, -0.2) is 0 Å². The van der Waals surface area contributed by atoms with Crippen molar-refractivity contribution in [2.45, 2.75) is 19.2 Å². The van der Waals surface area contributed by atoms with Crippen molar-refractivity contribution in [3.05, 3.63) is 0 Å². The van der Waals surface area contributed by atoms with Crippen LogP contribution in [0.1, 0.15) is 6.92 Å². The summed E-state index contributed by atoms with van der Waals surface area (Å²) < 4.78 is 38.7. The average Bonchev–Trinajstić information content (AvgIpc) is 1.80. The molecule has 0 aliphatic rings. The van der Waals surface area contributed by atoms with E-state index in [0.717, 1.165) is 0 Å². The minimum absolute atomic E-state index is 0. The van der Waals surface area contributed by atoms with Crippen molar-refractivity contribution in [2.24, 2.45) is 0 Å². The van der Waals surface area contributed by atoms with E-state index in [2.05, 4.69) is 4.74 Å². The molecule has 0 aliphatic carbocycles. The molecule has 3 radical (unpaired) electrons. The Kier molecular flexibility index (Phi) is 7.88. The van der Waals surface area contributed by atoms with E-state index in [9.17, 15) is 13.2 Å². The molecule has 1 unspecified atom stereocenters. The summed E-state index contributed by atoms with van der Waals surface area (Å²) in [5.74, 6) is 0. The second-order valence-electron chi connectivity index (χ2n) is 1.72. The molecule has 0 heterocycles. The first kappa shape index (κ1) is 14.1. The molecule has 0 spiro atoms. The maximum absolute atomic E-state index is 11.4. The first-order chi connectivity index (χ1) is 4.48. The Balaban J connectivity index is 0. The largest absolute Gasteiger partial charge is 0.416 e. The Labute approximate surface area is 81.5 Å². The van der Waals surface area contributed by atoms with Crippen molar-refractivity contribution >= 4 is 25.8 Å². The zero-order valence-electron chi connectivity index (χ0n) is 6.06. The summed E-state index contributed by atoms with van der Waals surface area (Å²) in [4.78, 5) is 0. The Morgan fingerprint density at radius 1 is 1.45 bits per heavy atom. The number of halogens is 3. The Hall–Kier alpha value is 0.580. The van der Waals surface area contributed by atoms with Gasteiger partial charge in [-0.15, -0.1) is 0 Å². The number of ether oxygens (including phenoxy) is 1. The average molecular weight is 273 g/mol. The van der Waals surface area contributed by atoms with Gasteiger partial charge in [0, 0.05) is 32.5 Å². The van der Waals surface area contributed by atoms with Gasteiger partial charge in [0.25, 0.3) is 0 Å². The van der Waals surface area contributed by atoms with Crippen LogP contribution < -0.4 is 0 Å². The number of aliphatic hydroxyl groups is 1. The van der Waals surface area contributed by atoms with E-state index in [4.69, 9.17) is 5.11 Å². The van der Waals surface area contributed by atoms with Crippen LogP contribution >= 0.6 is 0 Å². The van der Waals surface area contributed by atoms with Crippen LogP contribution in [0.25, 0.3) is 0 Å². The van der Waals surface area contributed by atoms with Gasteiger partial charge in [-0.05, 0) is 6.92 Å². The summed E-state index contributed by atoms with van der Waals surface area (Å²) >= 11 is 0. The van der Waals surface area contributed by atoms with E-state index in [0.29, 0.717) is 0 Å². The summed E-state index contributed by atoms with van der Waals surface area (Å²) in [7, 11) is 0. The van der Waals surface area contributed by atoms with Gasteiger partial charge in [0.1, 0.15) is 0 Å². The third-order valence-electron chi connectivity index (χ3n) is 0.858. The number of hydrogen-bond acceptors (Lipinski definition) is 2. The van der Waals surface area contributed by atoms with Gasteiger partial charge in [-0.3, -0.25) is 0 Å². The third kappa shape index (κ3) is 6.96. The number of rotatable bonds is 3. The predicted molar refractivity (Wildman–Crippen MR) is 34.3 cm³/mol. The fourth-order valence-corrected chi connectivity index (χ4v) is 0.324. The zero-order valence-corrected chi connectivity index (χ0v) is 9.35. The molecule has 0 fully saturated rings. The molecule has 65 valence electrons. The van der Waals surface area contributed by atoms with Gasteiger partial charge in [0.05, 0.1) is 6.61 Å². The van der Waals surface area contributed by atoms with Gasteiger partial charge in [-0.1, -0.05) is 0 Å². The Bertz CT molecular complexity index is 96.2. The maximum Gasteiger partial charge on any atom is 0.416 e. The van der Waals surface area contributed by atoms with E-state index in [1.807, 2.05) is 0 Å². The normalized spacial score (nSPS) is 13.9. The quantitative estimate of drug-likeness (QED) is 0.814. The topological polar surface area (TPSA) is 29.5 Å². The second kappa shape index (κ2) is 6.14. The third-order valence-corrected chi connectivity index (χ3v) is 0.858. The van der Waals surface area contributed by atoms with E-state index in [-0.39, 0.29) is 32.5 Å². The molecule has 1 N–H and O–H groups in total. The van der Waals surface area contributed by atoms with Crippen LogP contribution in [0.4, 0.5) is 13.2 Å². The van der Waals surface area contributed by atoms with Crippen LogP contribution in [-0.4, -0.2) is 56.4 Å². The van der Waals surface area contributed by atoms with E-state index < -0.39 is 18.9 Å². The van der Waals surface area contributed by atoms with Gasteiger partial charge < -0.3 is 9.84 Å². The van der Waals surface area contributed by atoms with Crippen molar-refractivity contribution in [2.75, 3.05) is 13.2 Å². The van der Waals surface area contributed by atoms with Gasteiger partial charge in [0.15, 0.2) is 6.10 Å². The molecule has 1 atom stereocenters. The van der Waals surface area contributed by atoms with E-state index in [1.54, 1.807) is 6.92 Å². The molecule has 0 rings (SSSR count). The number of aliphatic hydroxyl groups excluding tert-OH is 1. The van der Waals surface area contributed by atoms with E-state index in [1.165, 1.54) is 0 Å². The van der Waals surface area contributed by atoms with Crippen molar-refractivity contribution in [1.82, 2.24) is 0 Å². The molecule has 0 saturated carbocycles. The molecule has 0 saturated heterocycles. The van der Waals surface area contributed by atoms with E-state index >= 15 is 0 Å². The van der Waals surface area contributed by atoms with Crippen molar-refractivity contribution < 1.29 is 23.0 Å². The summed E-state index contributed by atoms with van der Waals surface area (Å²) in [5, 5.41) is 8.27. The molecule has 0 bridgehead atoms. The van der Waals surface area contributed by atoms with Crippen molar-refractivity contribution in [3.8, 4) is 0 Å². The standard InChI is InChI=1S/C5H9F3O2.In/c1-2-10-3-4(9)5(6,7)8;/h4,9H,2-3H2,1H3;. The van der Waals surface area contributed by atoms with Crippen LogP contribution in [0.15, 0.2) is 0 Å². The molecule has 6 heteroatoms. The maximum atomic E-state index is 11.4. The van der Waals surface area contributed by atoms with Crippen LogP contribution in [0.2, 0.25) is 0 Å². The first-order valence-electron chi connectivity index (χ1n) is 2.81. The molecular formula is C5H9F3InO2. The molecular weight excluding hydrogens is 264 g/mol. The SMILES string of the molecule is CCOCC(O)C(F)(F)F.[In]. The summed E-state index contributed by atoms with van der Waals surface area (Å²) in [6, 6.07) is 0. The number of alkyl halides is 3. The molecule has 2 nitrogen and oxygen atoms in total. The fourth-order valence-electron chi connectivity index (χ4n) is 0.324. The molecule has 0 aromatic rings. The summed E-state index contributed by atoms with van der Waals surface area (Å²) in [6.45, 7) is 1.05. The van der Waals surface area contributed by atoms with Crippen molar-refractivity contribution in [1.29, 1.82) is 0 Å². The molecule has 0 aromatic carbocycles. The number of hydrogen-bond donors (Lipinski definition) is 1. The molecule has 0 aromatic heterocycles. The van der Waals surface area contributed by atoms with Crippen LogP contribution in [0.3, 0.4) is 0 Å². The van der Waals surface area contributed by atoms with Crippen molar-refractivity contribution in [3.63, 3.8) is 0 Å². The van der Waals surface area contributed by atoms with Gasteiger partial charge in [-0.2, -0.15) is 13.2 Å². The monoisotopic (exact) mass is 273 g/mol. The second-order valence-corrected chi connectivity index (χ2v) is 1.72. The van der Waals surface area contributed by atoms with Gasteiger partial charge >= 0.3 is 6.18 Å². The Morgan fingerprint density at radius 3 is 2.18 bits per heavy atom. The van der Waals surface area contributed by atoms with Gasteiger partial charge in [0.2, 0.25) is 0 Å². The summed E-state index contributed by atoms with van der Waals surface area (Å²) in [5.41, 5.74) is 0. The first-order valence-corrected chi connectivity index (χ1v) is 2.81. The Morgan fingerprint density at radius 2 is 1.91 bits per heavy atom. The van der Waals surface area contributed by atoms with Crippen LogP contribution in [0, 0.1) is 0 Å². The molecule has 0 aliphatic heterocycles. The minimum Gasteiger partial charge on any atom is -0.382 e.